The molecule has 0 amide bonds. The Hall–Kier alpha value is -3.17. The number of nitrogens with two attached hydrogens (primary N) is 1. The Balaban J connectivity index is 0.000000184. The smallest absolute Gasteiger partial charge is 0.182 e. The van der Waals surface area contributed by atoms with Crippen LogP contribution in [-0.4, -0.2) is 60.5 Å². The van der Waals surface area contributed by atoms with Crippen molar-refractivity contribution < 1.29 is 4.74 Å². The molecule has 5 rings (SSSR count). The molecule has 0 unspecified atom stereocenters. The molecule has 0 radical (unpaired) electrons. The number of para-hydroxylation sites is 1. The minimum atomic E-state index is 0.433. The van der Waals surface area contributed by atoms with Gasteiger partial charge in [0.25, 0.3) is 0 Å². The number of hydrogen-bond acceptors (Lipinski definition) is 7. The number of benzene rings is 1. The highest BCUT2D eigenvalue weighted by Crippen LogP contribution is 2.21. The molecule has 3 aromatic heterocycles. The summed E-state index contributed by atoms with van der Waals surface area (Å²) in [6.45, 7) is 13.5. The van der Waals surface area contributed by atoms with Gasteiger partial charge in [-0.05, 0) is 58.3 Å². The quantitative estimate of drug-likeness (QED) is 0.279. The number of fused-ring (bicyclic) bond motifs is 2. The number of hydrogen-bond donors (Lipinski definition) is 3. The second-order valence-corrected chi connectivity index (χ2v) is 9.26. The number of halogens is 1. The standard InChI is InChI=1S/C16H24ClN3.C5H5N5.C5H8O/c1-4-20(12(2)3)11-6-5-10-15-18-14-9-7-8-13(17)16(14)19-15;6-4-3-5(9-1-7-3)10-2-8-4;1-5-3-2-4-6-5/h7-9,12H,4-6,10-11H2,1-3H3,(H,18,19);1-2H,(H3,6,7,8,9,10);1-4H2. The van der Waals surface area contributed by atoms with Crippen molar-refractivity contribution in [3.63, 3.8) is 0 Å². The van der Waals surface area contributed by atoms with E-state index in [-0.39, 0.29) is 0 Å². The topological polar surface area (TPSA) is 122 Å². The van der Waals surface area contributed by atoms with E-state index in [2.05, 4.69) is 62.2 Å². The van der Waals surface area contributed by atoms with Crippen molar-refractivity contribution in [2.75, 3.05) is 25.4 Å². The van der Waals surface area contributed by atoms with Crippen molar-refractivity contribution in [1.29, 1.82) is 0 Å². The molecule has 1 fully saturated rings. The van der Waals surface area contributed by atoms with Crippen LogP contribution in [0.2, 0.25) is 5.02 Å². The maximum atomic E-state index is 6.14. The first kappa shape index (κ1) is 27.4. The monoisotopic (exact) mass is 512 g/mol. The molecule has 1 aliphatic rings. The molecule has 36 heavy (non-hydrogen) atoms. The Morgan fingerprint density at radius 3 is 2.67 bits per heavy atom. The Labute approximate surface area is 217 Å². The average molecular weight is 513 g/mol. The fraction of sp³-hybridized carbons (Fsp3) is 0.462. The lowest BCUT2D eigenvalue weighted by atomic mass is 10.2. The number of ether oxygens (including phenoxy) is 1. The van der Waals surface area contributed by atoms with Gasteiger partial charge < -0.3 is 25.3 Å². The number of anilines is 1. The first-order valence-corrected chi connectivity index (χ1v) is 12.8. The van der Waals surface area contributed by atoms with E-state index >= 15 is 0 Å². The predicted molar refractivity (Wildman–Crippen MR) is 147 cm³/mol. The van der Waals surface area contributed by atoms with Gasteiger partial charge in [0.1, 0.15) is 23.2 Å². The van der Waals surface area contributed by atoms with Crippen molar-refractivity contribution in [1.82, 2.24) is 34.8 Å². The largest absolute Gasteiger partial charge is 0.499 e. The number of unbranched alkanes of at least 4 members (excludes halogenated alkanes) is 1. The zero-order chi connectivity index (χ0) is 25.9. The van der Waals surface area contributed by atoms with E-state index in [1.165, 1.54) is 25.5 Å². The number of nitrogens with one attached hydrogen (secondary N) is 2. The molecule has 0 saturated carbocycles. The van der Waals surface area contributed by atoms with Crippen molar-refractivity contribution >= 4 is 39.6 Å². The first-order valence-electron chi connectivity index (χ1n) is 12.5. The number of allylic oxidation sites excluding steroid dienone is 1. The van der Waals surface area contributed by atoms with Gasteiger partial charge in [0, 0.05) is 18.9 Å². The minimum Gasteiger partial charge on any atom is -0.499 e. The van der Waals surface area contributed by atoms with Gasteiger partial charge in [0.05, 0.1) is 29.2 Å². The summed E-state index contributed by atoms with van der Waals surface area (Å²) in [4.78, 5) is 24.8. The fourth-order valence-corrected chi connectivity index (χ4v) is 4.11. The number of nitrogen functional groups attached to an aromatic ring is 1. The van der Waals surface area contributed by atoms with E-state index in [1.54, 1.807) is 0 Å². The second kappa shape index (κ2) is 13.8. The summed E-state index contributed by atoms with van der Waals surface area (Å²) >= 11 is 6.14. The SMILES string of the molecule is C=C1CCCO1.CCN(CCCCc1nc2c(Cl)cccc2[nH]1)C(C)C.Nc1ncnc2nc[nH]c12. The summed E-state index contributed by atoms with van der Waals surface area (Å²) in [5.41, 5.74) is 8.70. The fourth-order valence-electron chi connectivity index (χ4n) is 3.90. The van der Waals surface area contributed by atoms with Gasteiger partial charge in [-0.3, -0.25) is 0 Å². The van der Waals surface area contributed by atoms with Crippen LogP contribution in [0, 0.1) is 0 Å². The Morgan fingerprint density at radius 2 is 2.06 bits per heavy atom. The number of imidazole rings is 2. The van der Waals surface area contributed by atoms with Crippen LogP contribution in [0.4, 0.5) is 5.82 Å². The molecular weight excluding hydrogens is 476 g/mol. The number of rotatable bonds is 7. The molecule has 10 heteroatoms. The Bertz CT molecular complexity index is 1230. The zero-order valence-corrected chi connectivity index (χ0v) is 22.2. The van der Waals surface area contributed by atoms with Crippen molar-refractivity contribution in [2.45, 2.75) is 58.9 Å². The third kappa shape index (κ3) is 7.93. The van der Waals surface area contributed by atoms with Gasteiger partial charge >= 0.3 is 0 Å². The molecule has 1 saturated heterocycles. The molecule has 9 nitrogen and oxygen atoms in total. The maximum absolute atomic E-state index is 6.14. The van der Waals surface area contributed by atoms with E-state index in [0.717, 1.165) is 66.6 Å². The molecule has 194 valence electrons. The van der Waals surface area contributed by atoms with Gasteiger partial charge in [0.15, 0.2) is 11.5 Å². The first-order chi connectivity index (χ1) is 17.4. The van der Waals surface area contributed by atoms with Crippen LogP contribution in [0.5, 0.6) is 0 Å². The van der Waals surface area contributed by atoms with Crippen molar-refractivity contribution in [2.24, 2.45) is 0 Å². The molecular formula is C26H37ClN8O. The van der Waals surface area contributed by atoms with Gasteiger partial charge in [-0.2, -0.15) is 0 Å². The molecule has 4 aromatic rings. The van der Waals surface area contributed by atoms with E-state index < -0.39 is 0 Å². The molecule has 1 aliphatic heterocycles. The van der Waals surface area contributed by atoms with Crippen LogP contribution < -0.4 is 5.73 Å². The van der Waals surface area contributed by atoms with Gasteiger partial charge in [-0.1, -0.05) is 31.2 Å². The molecule has 0 aliphatic carbocycles. The molecule has 0 atom stereocenters. The van der Waals surface area contributed by atoms with Crippen LogP contribution in [0.1, 0.15) is 52.3 Å². The van der Waals surface area contributed by atoms with Crippen LogP contribution in [0.25, 0.3) is 22.2 Å². The number of aromatic amines is 2. The second-order valence-electron chi connectivity index (χ2n) is 8.85. The summed E-state index contributed by atoms with van der Waals surface area (Å²) in [6, 6.07) is 6.49. The van der Waals surface area contributed by atoms with Crippen molar-refractivity contribution in [3.8, 4) is 0 Å². The van der Waals surface area contributed by atoms with Gasteiger partial charge in [-0.25, -0.2) is 19.9 Å². The maximum Gasteiger partial charge on any atom is 0.182 e. The normalized spacial score (nSPS) is 13.0. The third-order valence-corrected chi connectivity index (χ3v) is 6.22. The Kier molecular flexibility index (Phi) is 10.5. The summed E-state index contributed by atoms with van der Waals surface area (Å²) in [5.74, 6) is 2.43. The van der Waals surface area contributed by atoms with E-state index in [4.69, 9.17) is 22.1 Å². The molecule has 4 N–H and O–H groups in total. The van der Waals surface area contributed by atoms with Crippen LogP contribution in [0.15, 0.2) is 43.2 Å². The van der Waals surface area contributed by atoms with E-state index in [9.17, 15) is 0 Å². The number of aryl methyl sites for hydroxylation is 1. The number of aromatic nitrogens is 6. The lowest BCUT2D eigenvalue weighted by Crippen LogP contribution is -2.31. The van der Waals surface area contributed by atoms with Crippen LogP contribution in [-0.2, 0) is 11.2 Å². The summed E-state index contributed by atoms with van der Waals surface area (Å²) in [7, 11) is 0. The predicted octanol–water partition coefficient (Wildman–Crippen LogP) is 5.51. The third-order valence-electron chi connectivity index (χ3n) is 5.92. The highest BCUT2D eigenvalue weighted by atomic mass is 35.5. The Morgan fingerprint density at radius 1 is 1.22 bits per heavy atom. The molecule has 4 heterocycles. The summed E-state index contributed by atoms with van der Waals surface area (Å²) in [5, 5.41) is 0.724. The number of H-pyrrole nitrogens is 2. The number of nitrogens with zero attached hydrogens (tertiary/aromatic N) is 5. The lowest BCUT2D eigenvalue weighted by molar-refractivity contribution is 0.229. The van der Waals surface area contributed by atoms with E-state index in [1.807, 2.05) is 18.2 Å². The van der Waals surface area contributed by atoms with Gasteiger partial charge in [0.2, 0.25) is 0 Å². The average Bonchev–Trinajstić information content (AvgIpc) is 3.61. The minimum absolute atomic E-state index is 0.433. The van der Waals surface area contributed by atoms with Crippen LogP contribution in [0.3, 0.4) is 0 Å². The highest BCUT2D eigenvalue weighted by molar-refractivity contribution is 6.34. The lowest BCUT2D eigenvalue weighted by Gasteiger charge is -2.24. The summed E-state index contributed by atoms with van der Waals surface area (Å²) < 4.78 is 4.96. The van der Waals surface area contributed by atoms with Crippen LogP contribution >= 0.6 is 11.6 Å². The van der Waals surface area contributed by atoms with Gasteiger partial charge in [-0.15, -0.1) is 0 Å². The zero-order valence-electron chi connectivity index (χ0n) is 21.4. The summed E-state index contributed by atoms with van der Waals surface area (Å²) in [6.07, 6.45) is 8.51. The highest BCUT2D eigenvalue weighted by Gasteiger charge is 2.08. The molecule has 1 aromatic carbocycles. The van der Waals surface area contributed by atoms with Crippen molar-refractivity contribution in [3.05, 3.63) is 54.0 Å². The van der Waals surface area contributed by atoms with E-state index in [0.29, 0.717) is 23.0 Å². The molecule has 0 bridgehead atoms. The molecule has 0 spiro atoms.